The zero-order chi connectivity index (χ0) is 24.9. The van der Waals surface area contributed by atoms with Crippen LogP contribution in [0.5, 0.6) is 5.75 Å². The molecular weight excluding hydrogens is 454 g/mol. The van der Waals surface area contributed by atoms with Crippen molar-refractivity contribution in [3.8, 4) is 34.0 Å². The Morgan fingerprint density at radius 2 is 1.69 bits per heavy atom. The molecule has 0 saturated heterocycles. The van der Waals surface area contributed by atoms with E-state index in [9.17, 15) is 4.79 Å². The molecule has 0 atom stereocenters. The normalized spacial score (nSPS) is 11.1. The molecule has 0 saturated carbocycles. The van der Waals surface area contributed by atoms with E-state index in [-0.39, 0.29) is 5.69 Å². The molecule has 1 N–H and O–H groups in total. The van der Waals surface area contributed by atoms with E-state index in [1.54, 1.807) is 11.7 Å². The zero-order valence-electron chi connectivity index (χ0n) is 20.3. The third kappa shape index (κ3) is 4.68. The van der Waals surface area contributed by atoms with Crippen molar-refractivity contribution >= 4 is 0 Å². The second kappa shape index (κ2) is 10.4. The number of benzene rings is 3. The maximum absolute atomic E-state index is 13.4. The summed E-state index contributed by atoms with van der Waals surface area (Å²) in [7, 11) is 1.62. The number of H-pyrrole nitrogens is 1. The van der Waals surface area contributed by atoms with Crippen LogP contribution >= 0.6 is 0 Å². The second-order valence-electron chi connectivity index (χ2n) is 8.48. The molecule has 5 aromatic rings. The van der Waals surface area contributed by atoms with Crippen LogP contribution in [0.2, 0.25) is 0 Å². The minimum absolute atomic E-state index is 0.155. The number of aryl methyl sites for hydroxylation is 1. The Bertz CT molecular complexity index is 1480. The largest absolute Gasteiger partial charge is 0.497 e. The number of nitrogens with zero attached hydrogens (tertiary/aromatic N) is 6. The number of nitrogens with one attached hydrogen (secondary N) is 1. The summed E-state index contributed by atoms with van der Waals surface area (Å²) in [6.45, 7) is 2.58. The summed E-state index contributed by atoms with van der Waals surface area (Å²) >= 11 is 0. The van der Waals surface area contributed by atoms with E-state index < -0.39 is 0 Å². The van der Waals surface area contributed by atoms with Gasteiger partial charge >= 0.3 is 5.69 Å². The maximum atomic E-state index is 13.4. The molecule has 0 unspecified atom stereocenters. The summed E-state index contributed by atoms with van der Waals surface area (Å²) in [6.07, 6.45) is 2.73. The van der Waals surface area contributed by atoms with Gasteiger partial charge in [0.1, 0.15) is 11.6 Å². The van der Waals surface area contributed by atoms with Crippen LogP contribution in [0.4, 0.5) is 0 Å². The van der Waals surface area contributed by atoms with Gasteiger partial charge < -0.3 is 4.74 Å². The number of methoxy groups -OCH3 is 1. The van der Waals surface area contributed by atoms with Gasteiger partial charge in [0.05, 0.1) is 19.3 Å². The summed E-state index contributed by atoms with van der Waals surface area (Å²) in [6, 6.07) is 23.5. The highest BCUT2D eigenvalue weighted by Crippen LogP contribution is 2.29. The topological polar surface area (TPSA) is 104 Å². The van der Waals surface area contributed by atoms with Crippen molar-refractivity contribution in [1.29, 1.82) is 0 Å². The molecule has 36 heavy (non-hydrogen) atoms. The molecule has 0 bridgehead atoms. The predicted molar refractivity (Wildman–Crippen MR) is 137 cm³/mol. The van der Waals surface area contributed by atoms with Crippen molar-refractivity contribution in [2.45, 2.75) is 32.7 Å². The van der Waals surface area contributed by atoms with Gasteiger partial charge in [-0.3, -0.25) is 4.57 Å². The van der Waals surface area contributed by atoms with Crippen LogP contribution in [0, 0.1) is 0 Å². The quantitative estimate of drug-likeness (QED) is 0.337. The first-order valence-electron chi connectivity index (χ1n) is 11.9. The summed E-state index contributed by atoms with van der Waals surface area (Å²) < 4.78 is 8.48. The van der Waals surface area contributed by atoms with Crippen LogP contribution in [-0.2, 0) is 13.0 Å². The van der Waals surface area contributed by atoms with E-state index >= 15 is 0 Å². The molecule has 5 rings (SSSR count). The van der Waals surface area contributed by atoms with E-state index in [1.165, 1.54) is 4.68 Å². The zero-order valence-corrected chi connectivity index (χ0v) is 20.3. The average molecular weight is 482 g/mol. The van der Waals surface area contributed by atoms with Crippen LogP contribution < -0.4 is 10.4 Å². The molecule has 0 amide bonds. The van der Waals surface area contributed by atoms with Gasteiger partial charge in [-0.2, -0.15) is 9.90 Å². The van der Waals surface area contributed by atoms with Gasteiger partial charge in [-0.15, -0.1) is 15.3 Å². The van der Waals surface area contributed by atoms with Gasteiger partial charge in [-0.1, -0.05) is 61.9 Å². The molecule has 0 fully saturated rings. The molecule has 0 aliphatic heterocycles. The molecule has 2 heterocycles. The van der Waals surface area contributed by atoms with Crippen molar-refractivity contribution in [1.82, 2.24) is 35.0 Å². The molecule has 182 valence electrons. The standard InChI is InChI=1S/C27H27N7O2/c1-3-4-9-25-30-34(21-14-16-22(36-2)17-15-21)27(35)33(25)18-19-10-12-20(13-11-19)23-7-5-6-8-24(23)26-28-31-32-29-26/h5-8,10-17H,3-4,9,18H2,1-2H3,(H,28,29,31,32). The lowest BCUT2D eigenvalue weighted by Crippen LogP contribution is -2.25. The highest BCUT2D eigenvalue weighted by atomic mass is 16.5. The lowest BCUT2D eigenvalue weighted by atomic mass is 9.98. The smallest absolute Gasteiger partial charge is 0.351 e. The van der Waals surface area contributed by atoms with Crippen LogP contribution in [0.1, 0.15) is 31.2 Å². The molecule has 9 heteroatoms. The molecule has 0 aliphatic rings. The lowest BCUT2D eigenvalue weighted by Gasteiger charge is -2.09. The van der Waals surface area contributed by atoms with E-state index in [2.05, 4.69) is 44.8 Å². The second-order valence-corrected chi connectivity index (χ2v) is 8.48. The van der Waals surface area contributed by atoms with E-state index in [1.807, 2.05) is 60.7 Å². The Morgan fingerprint density at radius 3 is 2.36 bits per heavy atom. The van der Waals surface area contributed by atoms with Gasteiger partial charge in [0.2, 0.25) is 5.82 Å². The number of rotatable bonds is 9. The third-order valence-corrected chi connectivity index (χ3v) is 6.13. The van der Waals surface area contributed by atoms with Crippen LogP contribution in [-0.4, -0.2) is 42.1 Å². The number of aromatic nitrogens is 7. The number of hydrogen-bond donors (Lipinski definition) is 1. The summed E-state index contributed by atoms with van der Waals surface area (Å²) in [5.41, 5.74) is 4.52. The maximum Gasteiger partial charge on any atom is 0.351 e. The first-order chi connectivity index (χ1) is 17.7. The molecule has 2 aromatic heterocycles. The van der Waals surface area contributed by atoms with Gasteiger partial charge in [0.25, 0.3) is 0 Å². The molecule has 0 radical (unpaired) electrons. The fourth-order valence-corrected chi connectivity index (χ4v) is 4.19. The molecule has 9 nitrogen and oxygen atoms in total. The minimum atomic E-state index is -0.155. The Labute approximate surface area is 208 Å². The van der Waals surface area contributed by atoms with E-state index in [0.29, 0.717) is 18.1 Å². The number of tetrazole rings is 1. The van der Waals surface area contributed by atoms with Crippen molar-refractivity contribution in [2.75, 3.05) is 7.11 Å². The molecule has 3 aromatic carbocycles. The highest BCUT2D eigenvalue weighted by molar-refractivity contribution is 5.80. The highest BCUT2D eigenvalue weighted by Gasteiger charge is 2.16. The molecule has 0 aliphatic carbocycles. The average Bonchev–Trinajstić information content (AvgIpc) is 3.57. The van der Waals surface area contributed by atoms with Gasteiger partial charge in [0, 0.05) is 12.0 Å². The summed E-state index contributed by atoms with van der Waals surface area (Å²) in [5, 5.41) is 19.1. The van der Waals surface area contributed by atoms with Gasteiger partial charge in [0.15, 0.2) is 0 Å². The van der Waals surface area contributed by atoms with Crippen LogP contribution in [0.3, 0.4) is 0 Å². The van der Waals surface area contributed by atoms with Crippen molar-refractivity contribution in [3.63, 3.8) is 0 Å². The SMILES string of the molecule is CCCCc1nn(-c2ccc(OC)cc2)c(=O)n1Cc1ccc(-c2ccccc2-c2nn[nH]n2)cc1. The first-order valence-corrected chi connectivity index (χ1v) is 11.9. The summed E-state index contributed by atoms with van der Waals surface area (Å²) in [4.78, 5) is 13.4. The molecular formula is C27H27N7O2. The van der Waals surface area contributed by atoms with E-state index in [4.69, 9.17) is 4.74 Å². The monoisotopic (exact) mass is 481 g/mol. The Kier molecular flexibility index (Phi) is 6.70. The lowest BCUT2D eigenvalue weighted by molar-refractivity contribution is 0.414. The van der Waals surface area contributed by atoms with Crippen molar-refractivity contribution in [2.24, 2.45) is 0 Å². The fourth-order valence-electron chi connectivity index (χ4n) is 4.19. The van der Waals surface area contributed by atoms with Crippen LogP contribution in [0.15, 0.2) is 77.6 Å². The fraction of sp³-hybridized carbons (Fsp3) is 0.222. The Hall–Kier alpha value is -4.53. The number of unbranched alkanes of at least 4 members (excludes halogenated alkanes) is 1. The van der Waals surface area contributed by atoms with Crippen LogP contribution in [0.25, 0.3) is 28.2 Å². The number of hydrogen-bond acceptors (Lipinski definition) is 6. The Morgan fingerprint density at radius 1 is 0.944 bits per heavy atom. The third-order valence-electron chi connectivity index (χ3n) is 6.13. The van der Waals surface area contributed by atoms with Gasteiger partial charge in [-0.25, -0.2) is 4.79 Å². The van der Waals surface area contributed by atoms with Crippen molar-refractivity contribution in [3.05, 3.63) is 94.7 Å². The number of aromatic amines is 1. The van der Waals surface area contributed by atoms with Crippen molar-refractivity contribution < 1.29 is 4.74 Å². The van der Waals surface area contributed by atoms with Gasteiger partial charge in [-0.05, 0) is 52.6 Å². The van der Waals surface area contributed by atoms with E-state index in [0.717, 1.165) is 53.1 Å². The summed E-state index contributed by atoms with van der Waals surface area (Å²) in [5.74, 6) is 2.07. The predicted octanol–water partition coefficient (Wildman–Crippen LogP) is 4.28. The Balaban J connectivity index is 1.45. The molecule has 0 spiro atoms. The number of ether oxygens (including phenoxy) is 1. The minimum Gasteiger partial charge on any atom is -0.497 e. The first kappa shape index (κ1) is 23.2.